The normalized spacial score (nSPS) is 13.3. The molecule has 0 aliphatic rings. The van der Waals surface area contributed by atoms with Crippen LogP contribution in [0.4, 0.5) is 14.7 Å². The van der Waals surface area contributed by atoms with Crippen LogP contribution in [0.5, 0.6) is 0 Å². The van der Waals surface area contributed by atoms with Crippen LogP contribution < -0.4 is 5.32 Å². The van der Waals surface area contributed by atoms with Gasteiger partial charge in [0.2, 0.25) is 12.4 Å². The van der Waals surface area contributed by atoms with E-state index in [4.69, 9.17) is 0 Å². The van der Waals surface area contributed by atoms with Gasteiger partial charge in [-0.1, -0.05) is 13.0 Å². The molecule has 1 unspecified atom stereocenters. The molecule has 3 aromatic rings. The highest BCUT2D eigenvalue weighted by molar-refractivity contribution is 5.80. The fourth-order valence-corrected chi connectivity index (χ4v) is 3.10. The number of halogens is 2. The Hall–Kier alpha value is -2.83. The topological polar surface area (TPSA) is 55.1 Å². The van der Waals surface area contributed by atoms with Crippen molar-refractivity contribution in [2.45, 2.75) is 53.0 Å². The van der Waals surface area contributed by atoms with Crippen LogP contribution in [0.3, 0.4) is 0 Å². The number of nitrogens with zero attached hydrogens (tertiary/aromatic N) is 4. The Labute approximate surface area is 163 Å². The fraction of sp³-hybridized carbons (Fsp3) is 0.381. The van der Waals surface area contributed by atoms with Crippen LogP contribution in [0, 0.1) is 6.92 Å². The van der Waals surface area contributed by atoms with Crippen LogP contribution in [-0.2, 0) is 6.42 Å². The predicted molar refractivity (Wildman–Crippen MR) is 108 cm³/mol. The molecule has 0 saturated carbocycles. The standard InChI is InChI=1S/C21H25F2N5/c1-5-13(3)26-21-25-11-18(14(4)27-21)17(6-2)15-7-8-20-24-10-16(9-19(22)23)28(20)12-15/h6-8,10-13,19H,5,9H2,1-4H3,(H,25,26,27)/b17-6-. The molecule has 148 valence electrons. The third-order valence-electron chi connectivity index (χ3n) is 4.80. The number of hydrogen-bond acceptors (Lipinski definition) is 4. The fourth-order valence-electron chi connectivity index (χ4n) is 3.10. The number of aryl methyl sites for hydroxylation is 1. The molecule has 1 N–H and O–H groups in total. The second-order valence-corrected chi connectivity index (χ2v) is 6.84. The first-order chi connectivity index (χ1) is 13.4. The summed E-state index contributed by atoms with van der Waals surface area (Å²) >= 11 is 0. The molecule has 28 heavy (non-hydrogen) atoms. The molecule has 0 radical (unpaired) electrons. The third kappa shape index (κ3) is 4.18. The first-order valence-electron chi connectivity index (χ1n) is 9.44. The largest absolute Gasteiger partial charge is 0.352 e. The quantitative estimate of drug-likeness (QED) is 0.628. The van der Waals surface area contributed by atoms with E-state index in [-0.39, 0.29) is 6.42 Å². The van der Waals surface area contributed by atoms with E-state index in [0.29, 0.717) is 23.3 Å². The zero-order chi connectivity index (χ0) is 20.3. The SMILES string of the molecule is C/C=C(/c1ccc2ncc(CC(F)F)n2c1)c1cnc(NC(C)CC)nc1C. The highest BCUT2D eigenvalue weighted by atomic mass is 19.3. The van der Waals surface area contributed by atoms with E-state index in [1.807, 2.05) is 38.3 Å². The molecular weight excluding hydrogens is 360 g/mol. The van der Waals surface area contributed by atoms with Gasteiger partial charge in [-0.05, 0) is 50.5 Å². The number of alkyl halides is 2. The van der Waals surface area contributed by atoms with Gasteiger partial charge in [0.05, 0.1) is 12.1 Å². The van der Waals surface area contributed by atoms with Gasteiger partial charge in [-0.15, -0.1) is 0 Å². The summed E-state index contributed by atoms with van der Waals surface area (Å²) in [6.07, 6.45) is 5.39. The molecule has 0 saturated heterocycles. The van der Waals surface area contributed by atoms with E-state index in [9.17, 15) is 8.78 Å². The Kier molecular flexibility index (Phi) is 6.02. The van der Waals surface area contributed by atoms with Crippen molar-refractivity contribution >= 4 is 17.2 Å². The van der Waals surface area contributed by atoms with E-state index in [0.717, 1.165) is 28.8 Å². The smallest absolute Gasteiger partial charge is 0.244 e. The van der Waals surface area contributed by atoms with Crippen LogP contribution in [0.15, 0.2) is 36.8 Å². The summed E-state index contributed by atoms with van der Waals surface area (Å²) in [4.78, 5) is 13.2. The van der Waals surface area contributed by atoms with Crippen molar-refractivity contribution in [3.63, 3.8) is 0 Å². The van der Waals surface area contributed by atoms with Gasteiger partial charge >= 0.3 is 0 Å². The van der Waals surface area contributed by atoms with Crippen molar-refractivity contribution in [2.75, 3.05) is 5.32 Å². The molecule has 0 aliphatic heterocycles. The van der Waals surface area contributed by atoms with Gasteiger partial charge in [0.25, 0.3) is 0 Å². The van der Waals surface area contributed by atoms with Crippen LogP contribution in [-0.4, -0.2) is 31.8 Å². The Balaban J connectivity index is 1.97. The number of hydrogen-bond donors (Lipinski definition) is 1. The highest BCUT2D eigenvalue weighted by Crippen LogP contribution is 2.26. The molecule has 0 aromatic carbocycles. The number of allylic oxidation sites excluding steroid dienone is 1. The minimum absolute atomic E-state index is 0.295. The monoisotopic (exact) mass is 385 g/mol. The Bertz CT molecular complexity index is 994. The van der Waals surface area contributed by atoms with E-state index in [1.165, 1.54) is 6.20 Å². The lowest BCUT2D eigenvalue weighted by Crippen LogP contribution is -2.16. The molecule has 0 spiro atoms. The van der Waals surface area contributed by atoms with Crippen LogP contribution >= 0.6 is 0 Å². The lowest BCUT2D eigenvalue weighted by Gasteiger charge is -2.15. The van der Waals surface area contributed by atoms with Crippen molar-refractivity contribution in [3.8, 4) is 0 Å². The van der Waals surface area contributed by atoms with Crippen molar-refractivity contribution in [1.29, 1.82) is 0 Å². The van der Waals surface area contributed by atoms with Gasteiger partial charge in [0.1, 0.15) is 5.65 Å². The second-order valence-electron chi connectivity index (χ2n) is 6.84. The minimum Gasteiger partial charge on any atom is -0.352 e. The number of rotatable bonds is 7. The summed E-state index contributed by atoms with van der Waals surface area (Å²) in [5, 5.41) is 3.28. The van der Waals surface area contributed by atoms with Gasteiger partial charge in [-0.2, -0.15) is 0 Å². The van der Waals surface area contributed by atoms with E-state index >= 15 is 0 Å². The summed E-state index contributed by atoms with van der Waals surface area (Å²) in [5.41, 5.74) is 4.75. The first-order valence-corrected chi connectivity index (χ1v) is 9.44. The summed E-state index contributed by atoms with van der Waals surface area (Å²) in [6.45, 7) is 8.07. The molecule has 0 fully saturated rings. The molecule has 3 rings (SSSR count). The number of anilines is 1. The molecule has 0 amide bonds. The lowest BCUT2D eigenvalue weighted by molar-refractivity contribution is 0.147. The first kappa shape index (κ1) is 19.9. The zero-order valence-corrected chi connectivity index (χ0v) is 16.6. The number of aromatic nitrogens is 4. The second kappa shape index (κ2) is 8.46. The van der Waals surface area contributed by atoms with E-state index in [1.54, 1.807) is 10.6 Å². The maximum absolute atomic E-state index is 12.8. The number of pyridine rings is 1. The van der Waals surface area contributed by atoms with Gasteiger partial charge in [0, 0.05) is 35.9 Å². The van der Waals surface area contributed by atoms with Crippen molar-refractivity contribution < 1.29 is 8.78 Å². The molecule has 0 aliphatic carbocycles. The Morgan fingerprint density at radius 3 is 2.68 bits per heavy atom. The number of imidazole rings is 1. The van der Waals surface area contributed by atoms with Crippen molar-refractivity contribution in [2.24, 2.45) is 0 Å². The molecule has 3 aromatic heterocycles. The highest BCUT2D eigenvalue weighted by Gasteiger charge is 2.14. The summed E-state index contributed by atoms with van der Waals surface area (Å²) in [7, 11) is 0. The van der Waals surface area contributed by atoms with Crippen LogP contribution in [0.2, 0.25) is 0 Å². The van der Waals surface area contributed by atoms with Gasteiger partial charge in [0.15, 0.2) is 0 Å². The van der Waals surface area contributed by atoms with Gasteiger partial charge in [-0.3, -0.25) is 0 Å². The summed E-state index contributed by atoms with van der Waals surface area (Å²) in [6, 6.07) is 4.07. The molecule has 3 heterocycles. The third-order valence-corrected chi connectivity index (χ3v) is 4.80. The summed E-state index contributed by atoms with van der Waals surface area (Å²) < 4.78 is 27.4. The maximum atomic E-state index is 12.8. The van der Waals surface area contributed by atoms with E-state index in [2.05, 4.69) is 34.1 Å². The Morgan fingerprint density at radius 1 is 1.25 bits per heavy atom. The summed E-state index contributed by atoms with van der Waals surface area (Å²) in [5.74, 6) is 0.607. The molecule has 0 bridgehead atoms. The Morgan fingerprint density at radius 2 is 2.04 bits per heavy atom. The number of nitrogens with one attached hydrogen (secondary N) is 1. The minimum atomic E-state index is -2.41. The zero-order valence-electron chi connectivity index (χ0n) is 16.6. The molecule has 5 nitrogen and oxygen atoms in total. The molecular formula is C21H25F2N5. The molecule has 1 atom stereocenters. The molecule has 7 heteroatoms. The van der Waals surface area contributed by atoms with Gasteiger partial charge < -0.3 is 9.72 Å². The van der Waals surface area contributed by atoms with Crippen molar-refractivity contribution in [1.82, 2.24) is 19.4 Å². The average Bonchev–Trinajstić information content (AvgIpc) is 3.05. The van der Waals surface area contributed by atoms with Crippen LogP contribution in [0.1, 0.15) is 49.7 Å². The van der Waals surface area contributed by atoms with E-state index < -0.39 is 6.43 Å². The predicted octanol–water partition coefficient (Wildman–Crippen LogP) is 4.90. The van der Waals surface area contributed by atoms with Gasteiger partial charge in [-0.25, -0.2) is 23.7 Å². The average molecular weight is 385 g/mol. The maximum Gasteiger partial charge on any atom is 0.244 e. The lowest BCUT2D eigenvalue weighted by atomic mass is 9.99. The number of fused-ring (bicyclic) bond motifs is 1. The van der Waals surface area contributed by atoms with Crippen molar-refractivity contribution in [3.05, 3.63) is 59.3 Å². The van der Waals surface area contributed by atoms with Crippen LogP contribution in [0.25, 0.3) is 11.2 Å².